The number of esters is 1. The van der Waals surface area contributed by atoms with Crippen LogP contribution in [0.3, 0.4) is 0 Å². The molecule has 102 valence electrons. The van der Waals surface area contributed by atoms with E-state index >= 15 is 0 Å². The smallest absolute Gasteiger partial charge is 0.382 e. The van der Waals surface area contributed by atoms with Crippen molar-refractivity contribution in [2.75, 3.05) is 14.2 Å². The summed E-state index contributed by atoms with van der Waals surface area (Å²) in [5, 5.41) is 13.6. The van der Waals surface area contributed by atoms with Gasteiger partial charge < -0.3 is 19.4 Å². The highest BCUT2D eigenvalue weighted by molar-refractivity contribution is 6.34. The zero-order chi connectivity index (χ0) is 14.0. The topological polar surface area (TPSA) is 77.4 Å². The zero-order valence-corrected chi connectivity index (χ0v) is 11.1. The van der Waals surface area contributed by atoms with E-state index in [1.807, 2.05) is 0 Å². The first-order valence-corrected chi connectivity index (χ1v) is 5.77. The number of oxime groups is 1. The van der Waals surface area contributed by atoms with E-state index in [9.17, 15) is 9.90 Å². The van der Waals surface area contributed by atoms with E-state index in [-0.39, 0.29) is 12.2 Å². The third-order valence-electron chi connectivity index (χ3n) is 2.79. The fourth-order valence-corrected chi connectivity index (χ4v) is 1.98. The molecule has 0 bridgehead atoms. The monoisotopic (exact) mass is 285 g/mol. The number of rotatable bonds is 3. The molecule has 0 saturated carbocycles. The Morgan fingerprint density at radius 3 is 2.89 bits per heavy atom. The van der Waals surface area contributed by atoms with Crippen LogP contribution in [0.1, 0.15) is 12.0 Å². The summed E-state index contributed by atoms with van der Waals surface area (Å²) in [7, 11) is 2.55. The maximum atomic E-state index is 11.7. The second kappa shape index (κ2) is 5.07. The van der Waals surface area contributed by atoms with E-state index in [1.165, 1.54) is 32.4 Å². The first kappa shape index (κ1) is 13.6. The van der Waals surface area contributed by atoms with Crippen LogP contribution in [0.2, 0.25) is 5.02 Å². The average Bonchev–Trinajstić information content (AvgIpc) is 2.86. The maximum absolute atomic E-state index is 11.7. The van der Waals surface area contributed by atoms with Gasteiger partial charge in [0.25, 0.3) is 0 Å². The Bertz CT molecular complexity index is 545. The van der Waals surface area contributed by atoms with Crippen molar-refractivity contribution in [3.63, 3.8) is 0 Å². The van der Waals surface area contributed by atoms with Gasteiger partial charge in [-0.25, -0.2) is 4.79 Å². The number of phenols is 1. The second-order valence-corrected chi connectivity index (χ2v) is 4.33. The van der Waals surface area contributed by atoms with Crippen molar-refractivity contribution in [1.29, 1.82) is 0 Å². The normalized spacial score (nSPS) is 21.7. The summed E-state index contributed by atoms with van der Waals surface area (Å²) in [5.74, 6) is -2.25. The van der Waals surface area contributed by atoms with Crippen LogP contribution in [0, 0.1) is 0 Å². The molecule has 1 N–H and O–H groups in total. The quantitative estimate of drug-likeness (QED) is 0.855. The summed E-state index contributed by atoms with van der Waals surface area (Å²) in [6.45, 7) is 0. The summed E-state index contributed by atoms with van der Waals surface area (Å²) in [4.78, 5) is 16.7. The van der Waals surface area contributed by atoms with Gasteiger partial charge in [-0.05, 0) is 18.2 Å². The Labute approximate surface area is 114 Å². The molecule has 6 nitrogen and oxygen atoms in total. The number of carbonyl (C=O) groups excluding carboxylic acids is 1. The Hall–Kier alpha value is -1.79. The van der Waals surface area contributed by atoms with Crippen molar-refractivity contribution in [1.82, 2.24) is 0 Å². The molecule has 0 aliphatic carbocycles. The number of methoxy groups -OCH3 is 2. The standard InChI is InChI=1S/C12H12ClNO5/c1-17-11(16)12(18-2)6-10(14-19-12)8-5-7(15)3-4-9(8)13/h3-5,15H,6H2,1-2H3. The maximum Gasteiger partial charge on any atom is 0.382 e. The Morgan fingerprint density at radius 2 is 2.26 bits per heavy atom. The number of hydrogen-bond donors (Lipinski definition) is 1. The SMILES string of the molecule is COC(=O)C1(OC)CC(c2cc(O)ccc2Cl)=NO1. The summed E-state index contributed by atoms with van der Waals surface area (Å²) < 4.78 is 9.68. The van der Waals surface area contributed by atoms with E-state index in [2.05, 4.69) is 9.89 Å². The van der Waals surface area contributed by atoms with Crippen LogP contribution in [0.5, 0.6) is 5.75 Å². The highest BCUT2D eigenvalue weighted by atomic mass is 35.5. The van der Waals surface area contributed by atoms with Crippen LogP contribution in [-0.2, 0) is 19.1 Å². The van der Waals surface area contributed by atoms with E-state index in [4.69, 9.17) is 21.2 Å². The predicted molar refractivity (Wildman–Crippen MR) is 67.1 cm³/mol. The van der Waals surface area contributed by atoms with Gasteiger partial charge in [0.15, 0.2) is 0 Å². The van der Waals surface area contributed by atoms with Crippen molar-refractivity contribution in [2.24, 2.45) is 5.16 Å². The summed E-state index contributed by atoms with van der Waals surface area (Å²) in [6, 6.07) is 4.42. The number of aromatic hydroxyl groups is 1. The second-order valence-electron chi connectivity index (χ2n) is 3.92. The number of carbonyl (C=O) groups is 1. The van der Waals surface area contributed by atoms with Crippen molar-refractivity contribution < 1.29 is 24.2 Å². The highest BCUT2D eigenvalue weighted by Crippen LogP contribution is 2.32. The van der Waals surface area contributed by atoms with E-state index in [1.54, 1.807) is 0 Å². The molecule has 7 heteroatoms. The molecule has 0 spiro atoms. The Balaban J connectivity index is 2.30. The van der Waals surface area contributed by atoms with E-state index in [0.29, 0.717) is 16.3 Å². The Morgan fingerprint density at radius 1 is 1.53 bits per heavy atom. The number of phenolic OH excluding ortho intramolecular Hbond substituents is 1. The number of hydrogen-bond acceptors (Lipinski definition) is 6. The molecule has 1 heterocycles. The first-order chi connectivity index (χ1) is 9.02. The number of benzene rings is 1. The minimum absolute atomic E-state index is 0.0371. The zero-order valence-electron chi connectivity index (χ0n) is 10.3. The van der Waals surface area contributed by atoms with Crippen molar-refractivity contribution in [3.8, 4) is 5.75 Å². The lowest BCUT2D eigenvalue weighted by atomic mass is 10.0. The molecule has 2 rings (SSSR count). The lowest BCUT2D eigenvalue weighted by Gasteiger charge is -2.21. The van der Waals surface area contributed by atoms with Crippen LogP contribution < -0.4 is 0 Å². The van der Waals surface area contributed by atoms with Gasteiger partial charge in [0.05, 0.1) is 24.3 Å². The molecule has 0 radical (unpaired) electrons. The number of halogens is 1. The van der Waals surface area contributed by atoms with Gasteiger partial charge in [-0.15, -0.1) is 0 Å². The van der Waals surface area contributed by atoms with Gasteiger partial charge >= 0.3 is 11.8 Å². The molecule has 0 fully saturated rings. The summed E-state index contributed by atoms with van der Waals surface area (Å²) in [5.41, 5.74) is 0.873. The molecule has 19 heavy (non-hydrogen) atoms. The molecule has 1 unspecified atom stereocenters. The first-order valence-electron chi connectivity index (χ1n) is 5.40. The lowest BCUT2D eigenvalue weighted by molar-refractivity contribution is -0.227. The van der Waals surface area contributed by atoms with Crippen molar-refractivity contribution >= 4 is 23.3 Å². The Kier molecular flexibility index (Phi) is 3.64. The van der Waals surface area contributed by atoms with E-state index < -0.39 is 11.8 Å². The molecular weight excluding hydrogens is 274 g/mol. The van der Waals surface area contributed by atoms with Crippen LogP contribution in [-0.4, -0.2) is 36.8 Å². The molecule has 1 atom stereocenters. The summed E-state index contributed by atoms with van der Waals surface area (Å²) in [6.07, 6.45) is 0.0410. The van der Waals surface area contributed by atoms with Gasteiger partial charge in [-0.2, -0.15) is 0 Å². The van der Waals surface area contributed by atoms with Gasteiger partial charge in [-0.1, -0.05) is 16.8 Å². The van der Waals surface area contributed by atoms with Crippen molar-refractivity contribution in [2.45, 2.75) is 12.2 Å². The van der Waals surface area contributed by atoms with Crippen LogP contribution in [0.15, 0.2) is 23.4 Å². The average molecular weight is 286 g/mol. The molecule has 0 amide bonds. The van der Waals surface area contributed by atoms with Gasteiger partial charge in [0, 0.05) is 12.7 Å². The molecule has 1 aromatic carbocycles. The third kappa shape index (κ3) is 2.36. The molecule has 1 aliphatic heterocycles. The minimum Gasteiger partial charge on any atom is -0.508 e. The fourth-order valence-electron chi connectivity index (χ4n) is 1.75. The van der Waals surface area contributed by atoms with Crippen molar-refractivity contribution in [3.05, 3.63) is 28.8 Å². The van der Waals surface area contributed by atoms with Gasteiger partial charge in [0.1, 0.15) is 5.75 Å². The number of ether oxygens (including phenoxy) is 2. The largest absolute Gasteiger partial charge is 0.508 e. The van der Waals surface area contributed by atoms with E-state index in [0.717, 1.165) is 0 Å². The highest BCUT2D eigenvalue weighted by Gasteiger charge is 2.49. The van der Waals surface area contributed by atoms with Crippen LogP contribution >= 0.6 is 11.6 Å². The molecular formula is C12H12ClNO5. The molecule has 1 aliphatic rings. The molecule has 0 saturated heterocycles. The predicted octanol–water partition coefficient (Wildman–Crippen LogP) is 1.69. The minimum atomic E-state index is -1.60. The number of nitrogens with zero attached hydrogens (tertiary/aromatic N) is 1. The lowest BCUT2D eigenvalue weighted by Crippen LogP contribution is -2.41. The van der Waals surface area contributed by atoms with Crippen LogP contribution in [0.4, 0.5) is 0 Å². The third-order valence-corrected chi connectivity index (χ3v) is 3.12. The van der Waals surface area contributed by atoms with Gasteiger partial charge in [0.2, 0.25) is 0 Å². The fraction of sp³-hybridized carbons (Fsp3) is 0.333. The van der Waals surface area contributed by atoms with Gasteiger partial charge in [-0.3, -0.25) is 0 Å². The van der Waals surface area contributed by atoms with Crippen LogP contribution in [0.25, 0.3) is 0 Å². The molecule has 0 aromatic heterocycles. The summed E-state index contributed by atoms with van der Waals surface area (Å²) >= 11 is 6.02. The molecule has 1 aromatic rings.